The largest absolute Gasteiger partial charge is 0.497 e. The number of carbonyl (C=O) groups excluding carboxylic acids is 3. The van der Waals surface area contributed by atoms with Crippen LogP contribution in [0, 0.1) is 17.0 Å². The lowest BCUT2D eigenvalue weighted by atomic mass is 10.0. The maximum atomic E-state index is 13.3. The zero-order valence-electron chi connectivity index (χ0n) is 19.7. The number of carbonyl (C=O) groups is 3. The van der Waals surface area contributed by atoms with Crippen molar-refractivity contribution < 1.29 is 28.8 Å². The van der Waals surface area contributed by atoms with Gasteiger partial charge in [0.15, 0.2) is 0 Å². The molecular formula is C26H20ClN3O7. The molecule has 4 rings (SSSR count). The van der Waals surface area contributed by atoms with E-state index in [1.54, 1.807) is 55.5 Å². The summed E-state index contributed by atoms with van der Waals surface area (Å²) in [4.78, 5) is 49.8. The molecule has 0 spiro atoms. The van der Waals surface area contributed by atoms with Gasteiger partial charge in [-0.05, 0) is 60.5 Å². The number of rotatable bonds is 7. The molecule has 1 saturated heterocycles. The van der Waals surface area contributed by atoms with Crippen LogP contribution in [-0.2, 0) is 16.2 Å². The van der Waals surface area contributed by atoms with Crippen LogP contribution in [0.1, 0.15) is 16.7 Å². The highest BCUT2D eigenvalue weighted by molar-refractivity contribution is 6.40. The Kier molecular flexibility index (Phi) is 7.21. The molecule has 0 saturated carbocycles. The van der Waals surface area contributed by atoms with Crippen LogP contribution in [0.2, 0.25) is 5.02 Å². The minimum atomic E-state index is -0.887. The van der Waals surface area contributed by atoms with Crippen molar-refractivity contribution in [3.05, 3.63) is 98.1 Å². The first-order chi connectivity index (χ1) is 17.7. The Morgan fingerprint density at radius 3 is 2.49 bits per heavy atom. The zero-order valence-corrected chi connectivity index (χ0v) is 20.4. The number of non-ortho nitro benzene ring substituents is 1. The lowest BCUT2D eigenvalue weighted by Gasteiger charge is -2.28. The van der Waals surface area contributed by atoms with Crippen molar-refractivity contribution in [3.63, 3.8) is 0 Å². The van der Waals surface area contributed by atoms with Gasteiger partial charge in [0.05, 0.1) is 17.7 Å². The number of hydrogen-bond acceptors (Lipinski definition) is 7. The number of benzene rings is 3. The maximum Gasteiger partial charge on any atom is 0.335 e. The molecule has 0 unspecified atom stereocenters. The van der Waals surface area contributed by atoms with Gasteiger partial charge in [-0.25, -0.2) is 9.69 Å². The molecule has 0 aromatic heterocycles. The maximum absolute atomic E-state index is 13.3. The lowest BCUT2D eigenvalue weighted by molar-refractivity contribution is -0.384. The summed E-state index contributed by atoms with van der Waals surface area (Å²) < 4.78 is 11.2. The second-order valence-corrected chi connectivity index (χ2v) is 8.37. The third kappa shape index (κ3) is 5.29. The highest BCUT2D eigenvalue weighted by atomic mass is 35.5. The molecule has 3 aromatic carbocycles. The number of nitro groups is 1. The molecule has 0 aliphatic carbocycles. The molecule has 0 atom stereocenters. The average Bonchev–Trinajstić information content (AvgIpc) is 2.88. The summed E-state index contributed by atoms with van der Waals surface area (Å²) in [6.45, 7) is 1.71. The van der Waals surface area contributed by atoms with Gasteiger partial charge in [-0.3, -0.25) is 25.0 Å². The highest BCUT2D eigenvalue weighted by Gasteiger charge is 2.37. The molecule has 0 radical (unpaired) electrons. The van der Waals surface area contributed by atoms with E-state index in [9.17, 15) is 24.5 Å². The van der Waals surface area contributed by atoms with Gasteiger partial charge in [-0.15, -0.1) is 0 Å². The lowest BCUT2D eigenvalue weighted by Crippen LogP contribution is -2.54. The summed E-state index contributed by atoms with van der Waals surface area (Å²) in [6.07, 6.45) is 1.32. The Balaban J connectivity index is 1.68. The van der Waals surface area contributed by atoms with Crippen molar-refractivity contribution in [2.75, 3.05) is 12.0 Å². The van der Waals surface area contributed by atoms with Crippen molar-refractivity contribution in [1.29, 1.82) is 0 Å². The van der Waals surface area contributed by atoms with Gasteiger partial charge in [0.1, 0.15) is 23.7 Å². The van der Waals surface area contributed by atoms with Gasteiger partial charge in [-0.2, -0.15) is 0 Å². The normalized spacial score (nSPS) is 14.5. The van der Waals surface area contributed by atoms with Crippen LogP contribution in [-0.4, -0.2) is 29.9 Å². The number of barbiturate groups is 1. The quantitative estimate of drug-likeness (QED) is 0.204. The zero-order chi connectivity index (χ0) is 26.7. The van der Waals surface area contributed by atoms with Crippen LogP contribution in [0.5, 0.6) is 11.5 Å². The number of urea groups is 1. The Labute approximate surface area is 216 Å². The summed E-state index contributed by atoms with van der Waals surface area (Å²) in [6, 6.07) is 14.5. The first-order valence-electron chi connectivity index (χ1n) is 10.9. The molecule has 1 aliphatic rings. The van der Waals surface area contributed by atoms with E-state index in [0.717, 1.165) is 4.90 Å². The van der Waals surface area contributed by atoms with E-state index in [4.69, 9.17) is 21.1 Å². The molecule has 3 aromatic rings. The van der Waals surface area contributed by atoms with Crippen LogP contribution < -0.4 is 19.7 Å². The molecule has 37 heavy (non-hydrogen) atoms. The van der Waals surface area contributed by atoms with E-state index in [-0.39, 0.29) is 29.3 Å². The van der Waals surface area contributed by atoms with E-state index in [1.165, 1.54) is 25.3 Å². The van der Waals surface area contributed by atoms with Crippen LogP contribution in [0.25, 0.3) is 6.08 Å². The number of amides is 4. The first kappa shape index (κ1) is 25.4. The molecule has 1 N–H and O–H groups in total. The molecule has 1 aliphatic heterocycles. The summed E-state index contributed by atoms with van der Waals surface area (Å²) in [7, 11) is 1.47. The average molecular weight is 522 g/mol. The third-order valence-electron chi connectivity index (χ3n) is 5.64. The molecule has 4 amide bonds. The Hall–Kier alpha value is -4.70. The van der Waals surface area contributed by atoms with Crippen molar-refractivity contribution in [1.82, 2.24) is 5.32 Å². The Bertz CT molecular complexity index is 1450. The van der Waals surface area contributed by atoms with Crippen LogP contribution in [0.3, 0.4) is 0 Å². The SMILES string of the molecule is COc1ccc(/C=C2\C(=O)NC(=O)N(c3cccc(Cl)c3C)C2=O)c(OCc2ccc([N+](=O)[O-])cc2)c1. The van der Waals surface area contributed by atoms with Crippen molar-refractivity contribution in [3.8, 4) is 11.5 Å². The number of ether oxygens (including phenoxy) is 2. The van der Waals surface area contributed by atoms with Crippen molar-refractivity contribution in [2.45, 2.75) is 13.5 Å². The molecule has 188 valence electrons. The monoisotopic (exact) mass is 521 g/mol. The summed E-state index contributed by atoms with van der Waals surface area (Å²) >= 11 is 6.17. The van der Waals surface area contributed by atoms with Crippen LogP contribution in [0.15, 0.2) is 66.2 Å². The topological polar surface area (TPSA) is 128 Å². The fourth-order valence-electron chi connectivity index (χ4n) is 3.63. The number of methoxy groups -OCH3 is 1. The highest BCUT2D eigenvalue weighted by Crippen LogP contribution is 2.32. The van der Waals surface area contributed by atoms with E-state index in [0.29, 0.717) is 27.5 Å². The Morgan fingerprint density at radius 1 is 1.08 bits per heavy atom. The van der Waals surface area contributed by atoms with E-state index in [2.05, 4.69) is 5.32 Å². The number of anilines is 1. The number of imide groups is 2. The standard InChI is InChI=1S/C26H20ClN3O7/c1-15-21(27)4-3-5-22(15)29-25(32)20(24(31)28-26(29)33)12-17-8-11-19(36-2)13-23(17)37-14-16-6-9-18(10-7-16)30(34)35/h3-13H,14H2,1-2H3,(H,28,31,33)/b20-12+. The number of nitrogens with one attached hydrogen (secondary N) is 1. The minimum absolute atomic E-state index is 0.0494. The van der Waals surface area contributed by atoms with Gasteiger partial charge >= 0.3 is 6.03 Å². The second kappa shape index (κ2) is 10.5. The van der Waals surface area contributed by atoms with Crippen LogP contribution in [0.4, 0.5) is 16.2 Å². The van der Waals surface area contributed by atoms with Gasteiger partial charge < -0.3 is 9.47 Å². The smallest absolute Gasteiger partial charge is 0.335 e. The number of hydrogen-bond donors (Lipinski definition) is 1. The number of nitro benzene ring substituents is 1. The molecule has 1 heterocycles. The van der Waals surface area contributed by atoms with E-state index in [1.807, 2.05) is 0 Å². The summed E-state index contributed by atoms with van der Waals surface area (Å²) in [5.41, 5.74) is 1.44. The van der Waals surface area contributed by atoms with Gasteiger partial charge in [-0.1, -0.05) is 17.7 Å². The van der Waals surface area contributed by atoms with Gasteiger partial charge in [0, 0.05) is 28.8 Å². The van der Waals surface area contributed by atoms with Crippen LogP contribution >= 0.6 is 11.6 Å². The number of nitrogens with zero attached hydrogens (tertiary/aromatic N) is 2. The molecular weight excluding hydrogens is 502 g/mol. The Morgan fingerprint density at radius 2 is 1.81 bits per heavy atom. The van der Waals surface area contributed by atoms with E-state index >= 15 is 0 Å². The predicted octanol–water partition coefficient (Wildman–Crippen LogP) is 4.81. The molecule has 11 heteroatoms. The van der Waals surface area contributed by atoms with E-state index < -0.39 is 22.8 Å². The molecule has 0 bridgehead atoms. The second-order valence-electron chi connectivity index (χ2n) is 7.96. The van der Waals surface area contributed by atoms with Gasteiger partial charge in [0.2, 0.25) is 0 Å². The summed E-state index contributed by atoms with van der Waals surface area (Å²) in [5.74, 6) is -0.931. The minimum Gasteiger partial charge on any atom is -0.497 e. The fourth-order valence-corrected chi connectivity index (χ4v) is 3.80. The molecule has 10 nitrogen and oxygen atoms in total. The third-order valence-corrected chi connectivity index (χ3v) is 6.05. The first-order valence-corrected chi connectivity index (χ1v) is 11.3. The van der Waals surface area contributed by atoms with Gasteiger partial charge in [0.25, 0.3) is 17.5 Å². The fraction of sp³-hybridized carbons (Fsp3) is 0.115. The summed E-state index contributed by atoms with van der Waals surface area (Å²) in [5, 5.41) is 13.4. The van der Waals surface area contributed by atoms with Crippen molar-refractivity contribution >= 4 is 46.9 Å². The predicted molar refractivity (Wildman–Crippen MR) is 136 cm³/mol. The molecule has 1 fully saturated rings. The number of halogens is 1. The van der Waals surface area contributed by atoms with Crippen molar-refractivity contribution in [2.24, 2.45) is 0 Å².